The molecular formula is C14H14BrIN2. The van der Waals surface area contributed by atoms with Gasteiger partial charge in [-0.1, -0.05) is 22.0 Å². The molecule has 2 rings (SSSR count). The van der Waals surface area contributed by atoms with Crippen LogP contribution in [0, 0.1) is 10.5 Å². The number of pyridine rings is 1. The summed E-state index contributed by atoms with van der Waals surface area (Å²) in [7, 11) is 1.97. The van der Waals surface area contributed by atoms with E-state index in [9.17, 15) is 0 Å². The highest BCUT2D eigenvalue weighted by Gasteiger charge is 2.15. The Morgan fingerprint density at radius 2 is 2.06 bits per heavy atom. The van der Waals surface area contributed by atoms with Gasteiger partial charge in [-0.3, -0.25) is 4.98 Å². The second-order valence-electron chi connectivity index (χ2n) is 4.12. The maximum atomic E-state index is 4.37. The molecule has 1 aromatic heterocycles. The van der Waals surface area contributed by atoms with Gasteiger partial charge >= 0.3 is 0 Å². The number of halogens is 2. The molecule has 1 heterocycles. The van der Waals surface area contributed by atoms with E-state index in [1.165, 1.54) is 14.7 Å². The van der Waals surface area contributed by atoms with E-state index in [4.69, 9.17) is 0 Å². The molecule has 2 aromatic rings. The van der Waals surface area contributed by atoms with E-state index in [1.807, 2.05) is 26.2 Å². The van der Waals surface area contributed by atoms with Crippen molar-refractivity contribution in [1.29, 1.82) is 0 Å². The van der Waals surface area contributed by atoms with Crippen molar-refractivity contribution >= 4 is 38.5 Å². The molecule has 18 heavy (non-hydrogen) atoms. The lowest BCUT2D eigenvalue weighted by atomic mass is 10.0. The number of nitrogens with zero attached hydrogens (tertiary/aromatic N) is 1. The van der Waals surface area contributed by atoms with Gasteiger partial charge in [0.2, 0.25) is 0 Å². The van der Waals surface area contributed by atoms with E-state index in [-0.39, 0.29) is 6.04 Å². The highest BCUT2D eigenvalue weighted by Crippen LogP contribution is 2.28. The van der Waals surface area contributed by atoms with Crippen LogP contribution >= 0.6 is 38.5 Å². The lowest BCUT2D eigenvalue weighted by Crippen LogP contribution is -2.19. The predicted molar refractivity (Wildman–Crippen MR) is 86.7 cm³/mol. The van der Waals surface area contributed by atoms with E-state index < -0.39 is 0 Å². The minimum Gasteiger partial charge on any atom is -0.309 e. The Morgan fingerprint density at radius 1 is 1.28 bits per heavy atom. The summed E-state index contributed by atoms with van der Waals surface area (Å²) in [6.07, 6.45) is 1.94. The number of hydrogen-bond donors (Lipinski definition) is 1. The molecule has 0 fully saturated rings. The lowest BCUT2D eigenvalue weighted by Gasteiger charge is -2.19. The van der Waals surface area contributed by atoms with Crippen LogP contribution in [0.3, 0.4) is 0 Å². The van der Waals surface area contributed by atoms with Gasteiger partial charge in [0.25, 0.3) is 0 Å². The van der Waals surface area contributed by atoms with Crippen molar-refractivity contribution < 1.29 is 0 Å². The number of hydrogen-bond acceptors (Lipinski definition) is 2. The fourth-order valence-electron chi connectivity index (χ4n) is 1.89. The summed E-state index contributed by atoms with van der Waals surface area (Å²) in [5.74, 6) is 0. The average Bonchev–Trinajstić information content (AvgIpc) is 2.37. The smallest absolute Gasteiger partial charge is 0.0600 e. The predicted octanol–water partition coefficient (Wildman–Crippen LogP) is 4.07. The number of rotatable bonds is 3. The Kier molecular flexibility index (Phi) is 4.75. The van der Waals surface area contributed by atoms with Crippen molar-refractivity contribution in [2.45, 2.75) is 13.0 Å². The van der Waals surface area contributed by atoms with Gasteiger partial charge in [0.15, 0.2) is 0 Å². The van der Waals surface area contributed by atoms with Crippen LogP contribution in [0.4, 0.5) is 0 Å². The molecule has 0 aliphatic heterocycles. The molecule has 1 aromatic carbocycles. The second kappa shape index (κ2) is 6.12. The molecule has 0 bridgehead atoms. The first-order valence-corrected chi connectivity index (χ1v) is 7.53. The molecule has 1 atom stereocenters. The van der Waals surface area contributed by atoms with Crippen molar-refractivity contribution in [3.8, 4) is 0 Å². The molecule has 0 spiro atoms. The van der Waals surface area contributed by atoms with Crippen LogP contribution in [0.2, 0.25) is 0 Å². The zero-order valence-electron chi connectivity index (χ0n) is 10.2. The molecule has 94 valence electrons. The molecule has 0 saturated heterocycles. The SMILES string of the molecule is CNC(c1ccc(C)nc1)c1cc(Br)ccc1I. The number of aromatic nitrogens is 1. The summed E-state index contributed by atoms with van der Waals surface area (Å²) in [4.78, 5) is 4.37. The zero-order valence-corrected chi connectivity index (χ0v) is 14.0. The highest BCUT2D eigenvalue weighted by atomic mass is 127. The van der Waals surface area contributed by atoms with E-state index in [0.717, 1.165) is 10.2 Å². The van der Waals surface area contributed by atoms with E-state index in [0.29, 0.717) is 0 Å². The van der Waals surface area contributed by atoms with Crippen LogP contribution in [0.15, 0.2) is 41.0 Å². The summed E-state index contributed by atoms with van der Waals surface area (Å²) in [6, 6.07) is 10.7. The first-order chi connectivity index (χ1) is 8.61. The van der Waals surface area contributed by atoms with Crippen LogP contribution in [0.25, 0.3) is 0 Å². The Labute approximate surface area is 129 Å². The molecule has 0 aliphatic rings. The lowest BCUT2D eigenvalue weighted by molar-refractivity contribution is 0.684. The van der Waals surface area contributed by atoms with Crippen LogP contribution in [-0.2, 0) is 0 Å². The standard InChI is InChI=1S/C14H14BrIN2/c1-9-3-4-10(8-18-9)14(17-2)12-7-11(15)5-6-13(12)16/h3-8,14,17H,1-2H3. The second-order valence-corrected chi connectivity index (χ2v) is 6.20. The quantitative estimate of drug-likeness (QED) is 0.763. The maximum absolute atomic E-state index is 4.37. The minimum atomic E-state index is 0.169. The normalized spacial score (nSPS) is 12.4. The van der Waals surface area contributed by atoms with Gasteiger partial charge in [-0.25, -0.2) is 0 Å². The third kappa shape index (κ3) is 3.10. The summed E-state index contributed by atoms with van der Waals surface area (Å²) < 4.78 is 2.34. The van der Waals surface area contributed by atoms with Gasteiger partial charge in [-0.05, 0) is 72.0 Å². The Bertz CT molecular complexity index is 540. The fraction of sp³-hybridized carbons (Fsp3) is 0.214. The van der Waals surface area contributed by atoms with Crippen LogP contribution in [0.1, 0.15) is 22.9 Å². The van der Waals surface area contributed by atoms with Gasteiger partial charge in [-0.2, -0.15) is 0 Å². The third-order valence-electron chi connectivity index (χ3n) is 2.83. The molecule has 2 nitrogen and oxygen atoms in total. The van der Waals surface area contributed by atoms with Crippen molar-refractivity contribution in [1.82, 2.24) is 10.3 Å². The van der Waals surface area contributed by atoms with Gasteiger partial charge in [0.05, 0.1) is 6.04 Å². The number of nitrogens with one attached hydrogen (secondary N) is 1. The summed E-state index contributed by atoms with van der Waals surface area (Å²) in [6.45, 7) is 2.00. The molecule has 0 radical (unpaired) electrons. The van der Waals surface area contributed by atoms with Gasteiger partial charge < -0.3 is 5.32 Å². The summed E-state index contributed by atoms with van der Waals surface area (Å²) >= 11 is 5.90. The van der Waals surface area contributed by atoms with Crippen LogP contribution in [0.5, 0.6) is 0 Å². The van der Waals surface area contributed by atoms with Crippen molar-refractivity contribution in [2.24, 2.45) is 0 Å². The first kappa shape index (κ1) is 14.0. The number of aryl methyl sites for hydroxylation is 1. The zero-order chi connectivity index (χ0) is 13.1. The van der Waals surface area contributed by atoms with Crippen molar-refractivity contribution in [3.05, 3.63) is 61.4 Å². The van der Waals surface area contributed by atoms with Crippen molar-refractivity contribution in [3.63, 3.8) is 0 Å². The van der Waals surface area contributed by atoms with E-state index in [2.05, 4.69) is 73.1 Å². The fourth-order valence-corrected chi connectivity index (χ4v) is 2.91. The van der Waals surface area contributed by atoms with Crippen LogP contribution in [-0.4, -0.2) is 12.0 Å². The van der Waals surface area contributed by atoms with Gasteiger partial charge in [0, 0.05) is 19.9 Å². The highest BCUT2D eigenvalue weighted by molar-refractivity contribution is 14.1. The molecule has 4 heteroatoms. The summed E-state index contributed by atoms with van der Waals surface area (Å²) in [5, 5.41) is 3.36. The van der Waals surface area contributed by atoms with E-state index >= 15 is 0 Å². The molecule has 0 amide bonds. The van der Waals surface area contributed by atoms with Crippen LogP contribution < -0.4 is 5.32 Å². The minimum absolute atomic E-state index is 0.169. The molecule has 1 N–H and O–H groups in total. The topological polar surface area (TPSA) is 24.9 Å². The van der Waals surface area contributed by atoms with Gasteiger partial charge in [-0.15, -0.1) is 0 Å². The monoisotopic (exact) mass is 416 g/mol. The molecule has 0 aliphatic carbocycles. The largest absolute Gasteiger partial charge is 0.309 e. The molecule has 0 saturated carbocycles. The van der Waals surface area contributed by atoms with E-state index in [1.54, 1.807) is 0 Å². The molecular weight excluding hydrogens is 403 g/mol. The maximum Gasteiger partial charge on any atom is 0.0600 e. The Morgan fingerprint density at radius 3 is 2.67 bits per heavy atom. The number of benzene rings is 1. The molecule has 1 unspecified atom stereocenters. The van der Waals surface area contributed by atoms with Gasteiger partial charge in [0.1, 0.15) is 0 Å². The first-order valence-electron chi connectivity index (χ1n) is 5.66. The third-order valence-corrected chi connectivity index (χ3v) is 4.30. The Balaban J connectivity index is 2.44. The Hall–Kier alpha value is -0.460. The van der Waals surface area contributed by atoms with Crippen molar-refractivity contribution in [2.75, 3.05) is 7.05 Å². The average molecular weight is 417 g/mol. The summed E-state index contributed by atoms with van der Waals surface area (Å²) in [5.41, 5.74) is 3.48.